The molecular weight excluding hydrogens is 333 g/mol. The first-order valence-electron chi connectivity index (χ1n) is 7.33. The highest BCUT2D eigenvalue weighted by atomic mass is 35.5. The molecule has 0 aliphatic carbocycles. The molecule has 0 bridgehead atoms. The van der Waals surface area contributed by atoms with Gasteiger partial charge in [-0.1, -0.05) is 35.9 Å². The van der Waals surface area contributed by atoms with E-state index in [0.29, 0.717) is 5.69 Å². The number of ether oxygens (including phenoxy) is 1. The van der Waals surface area contributed by atoms with Gasteiger partial charge in [-0.3, -0.25) is 9.59 Å². The molecule has 0 aliphatic heterocycles. The second kappa shape index (κ2) is 7.93. The Morgan fingerprint density at radius 2 is 1.75 bits per heavy atom. The maximum atomic E-state index is 13.6. The molecule has 0 fully saturated rings. The lowest BCUT2D eigenvalue weighted by molar-refractivity contribution is -0.146. The van der Waals surface area contributed by atoms with Crippen LogP contribution in [0.25, 0.3) is 0 Å². The van der Waals surface area contributed by atoms with Crippen LogP contribution >= 0.6 is 11.6 Å². The van der Waals surface area contributed by atoms with Gasteiger partial charge >= 0.3 is 5.97 Å². The molecule has 2 aromatic rings. The summed E-state index contributed by atoms with van der Waals surface area (Å²) in [6, 6.07) is 9.77. The van der Waals surface area contributed by atoms with Gasteiger partial charge < -0.3 is 10.1 Å². The van der Waals surface area contributed by atoms with Crippen molar-refractivity contribution in [3.05, 3.63) is 63.9 Å². The minimum Gasteiger partial charge on any atom is -0.455 e. The molecule has 0 aromatic heterocycles. The molecule has 0 unspecified atom stereocenters. The van der Waals surface area contributed by atoms with Gasteiger partial charge in [-0.2, -0.15) is 0 Å². The van der Waals surface area contributed by atoms with Gasteiger partial charge in [-0.25, -0.2) is 4.39 Å². The Morgan fingerprint density at radius 1 is 1.12 bits per heavy atom. The third-order valence-electron chi connectivity index (χ3n) is 3.49. The molecule has 126 valence electrons. The highest BCUT2D eigenvalue weighted by molar-refractivity contribution is 6.31. The van der Waals surface area contributed by atoms with E-state index in [1.54, 1.807) is 0 Å². The molecule has 2 aromatic carbocycles. The number of carbonyl (C=O) groups is 2. The first kappa shape index (κ1) is 17.9. The predicted molar refractivity (Wildman–Crippen MR) is 90.6 cm³/mol. The van der Waals surface area contributed by atoms with Crippen LogP contribution in [-0.2, 0) is 20.7 Å². The van der Waals surface area contributed by atoms with Gasteiger partial charge in [0.25, 0.3) is 5.91 Å². The lowest BCUT2D eigenvalue weighted by Gasteiger charge is -2.12. The summed E-state index contributed by atoms with van der Waals surface area (Å²) < 4.78 is 18.5. The zero-order valence-corrected chi connectivity index (χ0v) is 14.1. The fraction of sp³-hybridized carbons (Fsp3) is 0.222. The zero-order chi connectivity index (χ0) is 17.7. The van der Waals surface area contributed by atoms with Crippen molar-refractivity contribution in [2.24, 2.45) is 0 Å². The van der Waals surface area contributed by atoms with E-state index < -0.39 is 24.3 Å². The first-order chi connectivity index (χ1) is 11.4. The number of anilines is 1. The lowest BCUT2D eigenvalue weighted by Crippen LogP contribution is -2.22. The average Bonchev–Trinajstić information content (AvgIpc) is 2.53. The Balaban J connectivity index is 1.91. The van der Waals surface area contributed by atoms with Crippen LogP contribution in [-0.4, -0.2) is 18.5 Å². The predicted octanol–water partition coefficient (Wildman–Crippen LogP) is 3.82. The summed E-state index contributed by atoms with van der Waals surface area (Å²) in [5.41, 5.74) is 2.57. The number of hydrogen-bond donors (Lipinski definition) is 1. The Morgan fingerprint density at radius 3 is 2.38 bits per heavy atom. The number of halogens is 2. The van der Waals surface area contributed by atoms with E-state index >= 15 is 0 Å². The van der Waals surface area contributed by atoms with Gasteiger partial charge in [0.05, 0.1) is 6.42 Å². The van der Waals surface area contributed by atoms with Crippen LogP contribution in [0.5, 0.6) is 0 Å². The Labute approximate surface area is 144 Å². The second-order valence-corrected chi connectivity index (χ2v) is 5.76. The van der Waals surface area contributed by atoms with Crippen LogP contribution in [0.3, 0.4) is 0 Å². The largest absolute Gasteiger partial charge is 0.455 e. The fourth-order valence-corrected chi connectivity index (χ4v) is 2.46. The minimum absolute atomic E-state index is 0.0549. The summed E-state index contributed by atoms with van der Waals surface area (Å²) in [6.45, 7) is 3.29. The van der Waals surface area contributed by atoms with Crippen molar-refractivity contribution in [1.82, 2.24) is 0 Å². The summed E-state index contributed by atoms with van der Waals surface area (Å²) in [6.07, 6.45) is -0.331. The number of esters is 1. The third kappa shape index (κ3) is 4.55. The summed E-state index contributed by atoms with van der Waals surface area (Å²) in [7, 11) is 0. The fourth-order valence-electron chi connectivity index (χ4n) is 2.23. The van der Waals surface area contributed by atoms with E-state index in [0.717, 1.165) is 11.1 Å². The highest BCUT2D eigenvalue weighted by Gasteiger charge is 2.15. The Kier molecular flexibility index (Phi) is 5.93. The molecule has 0 heterocycles. The number of nitrogens with one attached hydrogen (secondary N) is 1. The molecule has 0 saturated carbocycles. The van der Waals surface area contributed by atoms with Crippen molar-refractivity contribution in [3.63, 3.8) is 0 Å². The maximum absolute atomic E-state index is 13.6. The number of carbonyl (C=O) groups excluding carboxylic acids is 2. The molecule has 0 aliphatic rings. The SMILES string of the molecule is Cc1cccc(C)c1NC(=O)COC(=O)Cc1c(F)cccc1Cl. The molecule has 1 amide bonds. The summed E-state index contributed by atoms with van der Waals surface area (Å²) >= 11 is 5.85. The van der Waals surface area contributed by atoms with Crippen molar-refractivity contribution in [1.29, 1.82) is 0 Å². The summed E-state index contributed by atoms with van der Waals surface area (Å²) in [5.74, 6) is -1.77. The van der Waals surface area contributed by atoms with Gasteiger partial charge in [0, 0.05) is 16.3 Å². The molecule has 2 rings (SSSR count). The zero-order valence-electron chi connectivity index (χ0n) is 13.4. The van der Waals surface area contributed by atoms with Gasteiger partial charge in [0.15, 0.2) is 6.61 Å². The molecule has 6 heteroatoms. The van der Waals surface area contributed by atoms with Crippen LogP contribution in [0.15, 0.2) is 36.4 Å². The monoisotopic (exact) mass is 349 g/mol. The maximum Gasteiger partial charge on any atom is 0.310 e. The number of rotatable bonds is 5. The number of amides is 1. The van der Waals surface area contributed by atoms with Gasteiger partial charge in [0.2, 0.25) is 0 Å². The highest BCUT2D eigenvalue weighted by Crippen LogP contribution is 2.20. The molecule has 24 heavy (non-hydrogen) atoms. The van der Waals surface area contributed by atoms with E-state index in [1.807, 2.05) is 32.0 Å². The lowest BCUT2D eigenvalue weighted by atomic mass is 10.1. The third-order valence-corrected chi connectivity index (χ3v) is 3.85. The van der Waals surface area contributed by atoms with E-state index in [1.165, 1.54) is 18.2 Å². The molecular formula is C18H17ClFNO3. The Bertz CT molecular complexity index is 671. The van der Waals surface area contributed by atoms with Crippen molar-refractivity contribution in [2.75, 3.05) is 11.9 Å². The first-order valence-corrected chi connectivity index (χ1v) is 7.71. The molecule has 0 radical (unpaired) electrons. The quantitative estimate of drug-likeness (QED) is 0.835. The second-order valence-electron chi connectivity index (χ2n) is 5.35. The van der Waals surface area contributed by atoms with Crippen LogP contribution in [0.4, 0.5) is 10.1 Å². The van der Waals surface area contributed by atoms with Gasteiger partial charge in [-0.15, -0.1) is 0 Å². The van der Waals surface area contributed by atoms with Crippen molar-refractivity contribution in [3.8, 4) is 0 Å². The number of hydrogen-bond acceptors (Lipinski definition) is 3. The van der Waals surface area contributed by atoms with Gasteiger partial charge in [-0.05, 0) is 37.1 Å². The normalized spacial score (nSPS) is 10.3. The molecule has 0 atom stereocenters. The van der Waals surface area contributed by atoms with Crippen molar-refractivity contribution < 1.29 is 18.7 Å². The summed E-state index contributed by atoms with van der Waals surface area (Å²) in [5, 5.41) is 2.85. The van der Waals surface area contributed by atoms with E-state index in [9.17, 15) is 14.0 Å². The van der Waals surface area contributed by atoms with Gasteiger partial charge in [0.1, 0.15) is 5.82 Å². The van der Waals surface area contributed by atoms with Crippen LogP contribution < -0.4 is 5.32 Å². The molecule has 0 spiro atoms. The van der Waals surface area contributed by atoms with Crippen LogP contribution in [0.1, 0.15) is 16.7 Å². The van der Waals surface area contributed by atoms with Crippen LogP contribution in [0, 0.1) is 19.7 Å². The summed E-state index contributed by atoms with van der Waals surface area (Å²) in [4.78, 5) is 23.7. The van der Waals surface area contributed by atoms with E-state index in [-0.39, 0.29) is 17.0 Å². The van der Waals surface area contributed by atoms with E-state index in [4.69, 9.17) is 16.3 Å². The van der Waals surface area contributed by atoms with E-state index in [2.05, 4.69) is 5.32 Å². The topological polar surface area (TPSA) is 55.4 Å². The van der Waals surface area contributed by atoms with Crippen molar-refractivity contribution >= 4 is 29.2 Å². The van der Waals surface area contributed by atoms with Crippen molar-refractivity contribution in [2.45, 2.75) is 20.3 Å². The smallest absolute Gasteiger partial charge is 0.310 e. The molecule has 1 N–H and O–H groups in total. The van der Waals surface area contributed by atoms with Crippen LogP contribution in [0.2, 0.25) is 5.02 Å². The average molecular weight is 350 g/mol. The molecule has 0 saturated heterocycles. The Hall–Kier alpha value is -2.40. The standard InChI is InChI=1S/C18H17ClFNO3/c1-11-5-3-6-12(2)18(11)21-16(22)10-24-17(23)9-13-14(19)7-4-8-15(13)20/h3-8H,9-10H2,1-2H3,(H,21,22). The number of para-hydroxylation sites is 1. The number of aryl methyl sites for hydroxylation is 2. The molecule has 4 nitrogen and oxygen atoms in total. The minimum atomic E-state index is -0.723. The number of benzene rings is 2.